The minimum absolute atomic E-state index is 0.0132. The summed E-state index contributed by atoms with van der Waals surface area (Å²) in [5, 5.41) is 0. The fraction of sp³-hybridized carbons (Fsp3) is 0.474. The largest absolute Gasteiger partial charge is 0.422 e. The van der Waals surface area contributed by atoms with Crippen LogP contribution in [-0.4, -0.2) is 17.7 Å². The van der Waals surface area contributed by atoms with Gasteiger partial charge >= 0.3 is 11.9 Å². The SMILES string of the molecule is Cc1ccc(C#CC(C(C)C)C2C(=O)OC(C)(C)OC2=O)cc1. The molecule has 1 unspecified atom stereocenters. The Kier molecular flexibility index (Phi) is 4.79. The van der Waals surface area contributed by atoms with E-state index in [9.17, 15) is 9.59 Å². The van der Waals surface area contributed by atoms with E-state index >= 15 is 0 Å². The van der Waals surface area contributed by atoms with Crippen molar-refractivity contribution in [3.63, 3.8) is 0 Å². The lowest BCUT2D eigenvalue weighted by atomic mass is 9.83. The molecule has 0 saturated carbocycles. The fourth-order valence-corrected chi connectivity index (χ4v) is 2.46. The van der Waals surface area contributed by atoms with Crippen molar-refractivity contribution in [1.29, 1.82) is 0 Å². The van der Waals surface area contributed by atoms with E-state index in [0.717, 1.165) is 11.1 Å². The molecule has 23 heavy (non-hydrogen) atoms. The lowest BCUT2D eigenvalue weighted by molar-refractivity contribution is -0.242. The van der Waals surface area contributed by atoms with Crippen LogP contribution in [0.2, 0.25) is 0 Å². The molecule has 1 aromatic carbocycles. The summed E-state index contributed by atoms with van der Waals surface area (Å²) in [7, 11) is 0. The molecule has 0 aromatic heterocycles. The van der Waals surface area contributed by atoms with Crippen LogP contribution in [0.15, 0.2) is 24.3 Å². The molecule has 1 fully saturated rings. The number of ether oxygens (including phenoxy) is 2. The summed E-state index contributed by atoms with van der Waals surface area (Å²) in [5.41, 5.74) is 2.00. The highest BCUT2D eigenvalue weighted by Gasteiger charge is 2.47. The number of benzene rings is 1. The van der Waals surface area contributed by atoms with Crippen LogP contribution in [0.25, 0.3) is 0 Å². The van der Waals surface area contributed by atoms with Crippen LogP contribution in [0.1, 0.15) is 38.8 Å². The molecule has 1 heterocycles. The molecule has 1 aliphatic rings. The lowest BCUT2D eigenvalue weighted by Gasteiger charge is -2.35. The Hall–Kier alpha value is -2.28. The molecule has 4 heteroatoms. The minimum atomic E-state index is -1.21. The second-order valence-corrected chi connectivity index (χ2v) is 6.62. The molecule has 0 spiro atoms. The maximum Gasteiger partial charge on any atom is 0.324 e. The first-order valence-corrected chi connectivity index (χ1v) is 7.73. The van der Waals surface area contributed by atoms with Gasteiger partial charge in [-0.25, -0.2) is 0 Å². The van der Waals surface area contributed by atoms with Crippen LogP contribution >= 0.6 is 0 Å². The van der Waals surface area contributed by atoms with E-state index in [2.05, 4.69) is 11.8 Å². The van der Waals surface area contributed by atoms with Gasteiger partial charge in [0.2, 0.25) is 0 Å². The zero-order chi connectivity index (χ0) is 17.2. The molecule has 1 saturated heterocycles. The van der Waals surface area contributed by atoms with Crippen LogP contribution in [0.3, 0.4) is 0 Å². The number of esters is 2. The van der Waals surface area contributed by atoms with Gasteiger partial charge in [0.15, 0.2) is 5.92 Å². The Labute approximate surface area is 137 Å². The molecule has 1 aliphatic heterocycles. The minimum Gasteiger partial charge on any atom is -0.422 e. The Bertz CT molecular complexity index is 639. The highest BCUT2D eigenvalue weighted by Crippen LogP contribution is 2.31. The number of carbonyl (C=O) groups is 2. The van der Waals surface area contributed by atoms with Crippen molar-refractivity contribution in [2.45, 2.75) is 40.4 Å². The first kappa shape index (κ1) is 17.1. The number of cyclic esters (lactones) is 2. The average molecular weight is 314 g/mol. The van der Waals surface area contributed by atoms with E-state index in [0.29, 0.717) is 0 Å². The molecule has 0 aliphatic carbocycles. The number of rotatable bonds is 2. The first-order valence-electron chi connectivity index (χ1n) is 7.73. The van der Waals surface area contributed by atoms with Crippen molar-refractivity contribution in [3.8, 4) is 11.8 Å². The number of hydrogen-bond donors (Lipinski definition) is 0. The Balaban J connectivity index is 2.27. The zero-order valence-corrected chi connectivity index (χ0v) is 14.2. The molecule has 122 valence electrons. The fourth-order valence-electron chi connectivity index (χ4n) is 2.46. The molecular formula is C19H22O4. The number of aryl methyl sites for hydroxylation is 1. The van der Waals surface area contributed by atoms with Gasteiger partial charge in [-0.05, 0) is 25.0 Å². The monoisotopic (exact) mass is 314 g/mol. The lowest BCUT2D eigenvalue weighted by Crippen LogP contribution is -2.49. The normalized spacial score (nSPS) is 18.7. The standard InChI is InChI=1S/C19H22O4/c1-12(2)15(11-10-14-8-6-13(3)7-9-14)16-17(20)22-19(4,5)23-18(16)21/h6-9,12,15-16H,1-5H3. The second kappa shape index (κ2) is 6.45. The maximum absolute atomic E-state index is 12.2. The molecular weight excluding hydrogens is 292 g/mol. The van der Waals surface area contributed by atoms with Crippen molar-refractivity contribution >= 4 is 11.9 Å². The van der Waals surface area contributed by atoms with Crippen molar-refractivity contribution in [2.75, 3.05) is 0 Å². The van der Waals surface area contributed by atoms with E-state index in [1.165, 1.54) is 0 Å². The van der Waals surface area contributed by atoms with E-state index in [-0.39, 0.29) is 5.92 Å². The summed E-state index contributed by atoms with van der Waals surface area (Å²) in [5.74, 6) is 2.33. The molecule has 2 rings (SSSR count). The summed E-state index contributed by atoms with van der Waals surface area (Å²) < 4.78 is 10.4. The number of carbonyl (C=O) groups excluding carboxylic acids is 2. The predicted octanol–water partition coefficient (Wildman–Crippen LogP) is 3.07. The van der Waals surface area contributed by atoms with E-state index in [1.54, 1.807) is 13.8 Å². The van der Waals surface area contributed by atoms with Crippen molar-refractivity contribution < 1.29 is 19.1 Å². The summed E-state index contributed by atoms with van der Waals surface area (Å²) in [4.78, 5) is 24.5. The van der Waals surface area contributed by atoms with Crippen molar-refractivity contribution in [2.24, 2.45) is 17.8 Å². The molecule has 0 radical (unpaired) electrons. The van der Waals surface area contributed by atoms with E-state index in [4.69, 9.17) is 9.47 Å². The smallest absolute Gasteiger partial charge is 0.324 e. The predicted molar refractivity (Wildman–Crippen MR) is 86.1 cm³/mol. The molecule has 0 amide bonds. The second-order valence-electron chi connectivity index (χ2n) is 6.62. The van der Waals surface area contributed by atoms with Gasteiger partial charge in [0.05, 0.1) is 0 Å². The molecule has 1 atom stereocenters. The third-order valence-corrected chi connectivity index (χ3v) is 3.71. The van der Waals surface area contributed by atoms with Gasteiger partial charge in [-0.3, -0.25) is 9.59 Å². The van der Waals surface area contributed by atoms with Crippen LogP contribution in [0.5, 0.6) is 0 Å². The van der Waals surface area contributed by atoms with Gasteiger partial charge in [0.1, 0.15) is 0 Å². The Morgan fingerprint density at radius 3 is 2.04 bits per heavy atom. The van der Waals surface area contributed by atoms with Gasteiger partial charge in [0.25, 0.3) is 5.79 Å². The van der Waals surface area contributed by atoms with Crippen LogP contribution in [0.4, 0.5) is 0 Å². The van der Waals surface area contributed by atoms with Crippen LogP contribution in [-0.2, 0) is 19.1 Å². The Morgan fingerprint density at radius 1 is 1.04 bits per heavy atom. The van der Waals surface area contributed by atoms with E-state index < -0.39 is 29.6 Å². The number of hydrogen-bond acceptors (Lipinski definition) is 4. The molecule has 4 nitrogen and oxygen atoms in total. The topological polar surface area (TPSA) is 52.6 Å². The quantitative estimate of drug-likeness (QED) is 0.478. The van der Waals surface area contributed by atoms with Crippen molar-refractivity contribution in [3.05, 3.63) is 35.4 Å². The summed E-state index contributed by atoms with van der Waals surface area (Å²) in [6.07, 6.45) is 0. The summed E-state index contributed by atoms with van der Waals surface area (Å²) in [6.45, 7) is 8.94. The average Bonchev–Trinajstić information content (AvgIpc) is 2.42. The van der Waals surface area contributed by atoms with E-state index in [1.807, 2.05) is 45.0 Å². The van der Waals surface area contributed by atoms with Crippen molar-refractivity contribution in [1.82, 2.24) is 0 Å². The van der Waals surface area contributed by atoms with Gasteiger partial charge < -0.3 is 9.47 Å². The first-order chi connectivity index (χ1) is 10.7. The van der Waals surface area contributed by atoms with Crippen LogP contribution in [0, 0.1) is 36.5 Å². The third kappa shape index (κ3) is 4.13. The highest BCUT2D eigenvalue weighted by atomic mass is 16.7. The third-order valence-electron chi connectivity index (χ3n) is 3.71. The molecule has 0 bridgehead atoms. The summed E-state index contributed by atoms with van der Waals surface area (Å²) in [6, 6.07) is 7.78. The molecule has 0 N–H and O–H groups in total. The van der Waals surface area contributed by atoms with Gasteiger partial charge in [0, 0.05) is 25.3 Å². The van der Waals surface area contributed by atoms with Crippen LogP contribution < -0.4 is 0 Å². The summed E-state index contributed by atoms with van der Waals surface area (Å²) >= 11 is 0. The maximum atomic E-state index is 12.2. The van der Waals surface area contributed by atoms with Gasteiger partial charge in [-0.2, -0.15) is 0 Å². The zero-order valence-electron chi connectivity index (χ0n) is 14.2. The molecule has 1 aromatic rings. The Morgan fingerprint density at radius 2 is 1.57 bits per heavy atom. The highest BCUT2D eigenvalue weighted by molar-refractivity contribution is 5.97. The van der Waals surface area contributed by atoms with Gasteiger partial charge in [-0.1, -0.05) is 43.4 Å². The van der Waals surface area contributed by atoms with Gasteiger partial charge in [-0.15, -0.1) is 0 Å².